The molecule has 0 atom stereocenters. The summed E-state index contributed by atoms with van der Waals surface area (Å²) in [5.41, 5.74) is 1.17. The molecule has 0 aliphatic heterocycles. The molecule has 2 rings (SSSR count). The van der Waals surface area contributed by atoms with Crippen molar-refractivity contribution in [3.8, 4) is 11.5 Å². The van der Waals surface area contributed by atoms with Gasteiger partial charge in [-0.3, -0.25) is 0 Å². The fourth-order valence-electron chi connectivity index (χ4n) is 1.56. The van der Waals surface area contributed by atoms with Crippen molar-refractivity contribution in [2.75, 3.05) is 0 Å². The lowest BCUT2D eigenvalue weighted by Gasteiger charge is -1.98. The quantitative estimate of drug-likeness (QED) is 0.877. The maximum Gasteiger partial charge on any atom is 0.373 e. The summed E-state index contributed by atoms with van der Waals surface area (Å²) in [5, 5.41) is 9.01. The second kappa shape index (κ2) is 5.24. The average Bonchev–Trinajstić information content (AvgIpc) is 2.71. The third-order valence-electron chi connectivity index (χ3n) is 2.34. The first-order valence-electron chi connectivity index (χ1n) is 5.20. The minimum absolute atomic E-state index is 0.0939. The smallest absolute Gasteiger partial charge is 0.373 e. The molecule has 0 bridgehead atoms. The summed E-state index contributed by atoms with van der Waals surface area (Å²) in [4.78, 5) is 15.2. The largest absolute Gasteiger partial charge is 0.475 e. The van der Waals surface area contributed by atoms with Crippen LogP contribution in [0.15, 0.2) is 31.6 Å². The minimum atomic E-state index is -1.10. The lowest BCUT2D eigenvalue weighted by atomic mass is 10.2. The normalized spacial score (nSPS) is 10.6. The van der Waals surface area contributed by atoms with Crippen LogP contribution in [0.2, 0.25) is 0 Å². The van der Waals surface area contributed by atoms with Crippen molar-refractivity contribution >= 4 is 37.8 Å². The zero-order chi connectivity index (χ0) is 13.3. The molecule has 0 aliphatic rings. The van der Waals surface area contributed by atoms with Gasteiger partial charge in [0.05, 0.1) is 5.69 Å². The molecule has 0 radical (unpaired) electrons. The van der Waals surface area contributed by atoms with Crippen LogP contribution in [0.4, 0.5) is 0 Å². The van der Waals surface area contributed by atoms with Crippen LogP contribution < -0.4 is 0 Å². The molecular formula is C12H9Br2NO3. The number of benzene rings is 1. The maximum absolute atomic E-state index is 11.0. The molecular weight excluding hydrogens is 366 g/mol. The van der Waals surface area contributed by atoms with Gasteiger partial charge >= 0.3 is 5.97 Å². The monoisotopic (exact) mass is 373 g/mol. The van der Waals surface area contributed by atoms with E-state index < -0.39 is 5.97 Å². The molecule has 0 aliphatic carbocycles. The van der Waals surface area contributed by atoms with Gasteiger partial charge in [-0.2, -0.15) is 0 Å². The van der Waals surface area contributed by atoms with Gasteiger partial charge in [-0.05, 0) is 24.6 Å². The summed E-state index contributed by atoms with van der Waals surface area (Å²) >= 11 is 6.73. The van der Waals surface area contributed by atoms with Crippen LogP contribution in [0, 0.1) is 0 Å². The number of carboxylic acid groups (broad SMARTS) is 1. The van der Waals surface area contributed by atoms with E-state index in [0.717, 1.165) is 14.5 Å². The Morgan fingerprint density at radius 1 is 1.33 bits per heavy atom. The Hall–Kier alpha value is -1.14. The molecule has 18 heavy (non-hydrogen) atoms. The van der Waals surface area contributed by atoms with Gasteiger partial charge in [0.2, 0.25) is 11.7 Å². The summed E-state index contributed by atoms with van der Waals surface area (Å²) in [7, 11) is 0. The van der Waals surface area contributed by atoms with E-state index >= 15 is 0 Å². The third kappa shape index (κ3) is 2.64. The van der Waals surface area contributed by atoms with Crippen LogP contribution >= 0.6 is 31.9 Å². The molecule has 0 unspecified atom stereocenters. The van der Waals surface area contributed by atoms with Crippen molar-refractivity contribution in [3.63, 3.8) is 0 Å². The van der Waals surface area contributed by atoms with E-state index in [4.69, 9.17) is 9.52 Å². The summed E-state index contributed by atoms with van der Waals surface area (Å²) in [6, 6.07) is 5.52. The number of hydrogen-bond acceptors (Lipinski definition) is 3. The highest BCUT2D eigenvalue weighted by Gasteiger charge is 2.19. The Bertz CT molecular complexity index is 587. The Morgan fingerprint density at radius 3 is 2.39 bits per heavy atom. The van der Waals surface area contributed by atoms with E-state index in [1.807, 2.05) is 25.1 Å². The highest BCUT2D eigenvalue weighted by Crippen LogP contribution is 2.28. The van der Waals surface area contributed by atoms with Gasteiger partial charge in [-0.1, -0.05) is 38.8 Å². The number of aromatic nitrogens is 1. The maximum atomic E-state index is 11.0. The van der Waals surface area contributed by atoms with E-state index in [2.05, 4.69) is 36.8 Å². The van der Waals surface area contributed by atoms with Gasteiger partial charge in [0, 0.05) is 14.5 Å². The van der Waals surface area contributed by atoms with Crippen molar-refractivity contribution in [3.05, 3.63) is 38.6 Å². The number of aromatic carboxylic acids is 1. The highest BCUT2D eigenvalue weighted by molar-refractivity contribution is 9.11. The number of carboxylic acids is 1. The second-order valence-corrected chi connectivity index (χ2v) is 5.44. The van der Waals surface area contributed by atoms with Crippen LogP contribution in [0.3, 0.4) is 0 Å². The van der Waals surface area contributed by atoms with E-state index in [1.165, 1.54) is 0 Å². The number of aryl methyl sites for hydroxylation is 1. The molecule has 1 heterocycles. The SMILES string of the molecule is CCc1nc(-c2cc(Br)cc(Br)c2)oc1C(=O)O. The first-order valence-corrected chi connectivity index (χ1v) is 6.79. The average molecular weight is 375 g/mol. The Kier molecular flexibility index (Phi) is 3.87. The molecule has 0 saturated heterocycles. The number of halogens is 2. The fourth-order valence-corrected chi connectivity index (χ4v) is 2.85. The van der Waals surface area contributed by atoms with Crippen LogP contribution in [-0.4, -0.2) is 16.1 Å². The molecule has 1 N–H and O–H groups in total. The first kappa shape index (κ1) is 13.3. The fraction of sp³-hybridized carbons (Fsp3) is 0.167. The molecule has 0 spiro atoms. The van der Waals surface area contributed by atoms with Crippen molar-refractivity contribution in [2.24, 2.45) is 0 Å². The van der Waals surface area contributed by atoms with Gasteiger partial charge < -0.3 is 9.52 Å². The lowest BCUT2D eigenvalue weighted by Crippen LogP contribution is -1.98. The van der Waals surface area contributed by atoms with Crippen LogP contribution in [-0.2, 0) is 6.42 Å². The standard InChI is InChI=1S/C12H9Br2NO3/c1-2-9-10(12(16)17)18-11(15-9)6-3-7(13)5-8(14)4-6/h3-5H,2H2,1H3,(H,16,17). The molecule has 94 valence electrons. The Labute approximate surface area is 120 Å². The number of nitrogens with zero attached hydrogens (tertiary/aromatic N) is 1. The Balaban J connectivity index is 2.54. The van der Waals surface area contributed by atoms with Gasteiger partial charge in [-0.25, -0.2) is 9.78 Å². The number of rotatable bonds is 3. The molecule has 2 aromatic rings. The van der Waals surface area contributed by atoms with Gasteiger partial charge in [0.15, 0.2) is 0 Å². The minimum Gasteiger partial charge on any atom is -0.475 e. The molecule has 4 nitrogen and oxygen atoms in total. The van der Waals surface area contributed by atoms with Crippen LogP contribution in [0.1, 0.15) is 23.2 Å². The Morgan fingerprint density at radius 2 is 1.94 bits per heavy atom. The van der Waals surface area contributed by atoms with E-state index in [0.29, 0.717) is 18.0 Å². The molecule has 0 amide bonds. The van der Waals surface area contributed by atoms with Crippen molar-refractivity contribution < 1.29 is 14.3 Å². The lowest BCUT2D eigenvalue weighted by molar-refractivity contribution is 0.0662. The summed E-state index contributed by atoms with van der Waals surface area (Å²) < 4.78 is 7.03. The summed E-state index contributed by atoms with van der Waals surface area (Å²) in [6.45, 7) is 1.84. The van der Waals surface area contributed by atoms with Crippen LogP contribution in [0.25, 0.3) is 11.5 Å². The number of carbonyl (C=O) groups is 1. The van der Waals surface area contributed by atoms with E-state index in [9.17, 15) is 4.79 Å². The van der Waals surface area contributed by atoms with Crippen LogP contribution in [0.5, 0.6) is 0 Å². The number of oxazole rings is 1. The molecule has 6 heteroatoms. The highest BCUT2D eigenvalue weighted by atomic mass is 79.9. The third-order valence-corrected chi connectivity index (χ3v) is 3.25. The summed E-state index contributed by atoms with van der Waals surface area (Å²) in [5.74, 6) is -0.880. The first-order chi connectivity index (χ1) is 8.51. The molecule has 0 saturated carbocycles. The molecule has 0 fully saturated rings. The predicted octanol–water partition coefficient (Wildman–Crippen LogP) is 4.13. The van der Waals surface area contributed by atoms with E-state index in [-0.39, 0.29) is 5.76 Å². The molecule has 1 aromatic carbocycles. The van der Waals surface area contributed by atoms with Crippen molar-refractivity contribution in [1.29, 1.82) is 0 Å². The van der Waals surface area contributed by atoms with Gasteiger partial charge in [-0.15, -0.1) is 0 Å². The zero-order valence-corrected chi connectivity index (χ0v) is 12.6. The zero-order valence-electron chi connectivity index (χ0n) is 9.41. The second-order valence-electron chi connectivity index (χ2n) is 3.61. The summed E-state index contributed by atoms with van der Waals surface area (Å²) in [6.07, 6.45) is 0.514. The predicted molar refractivity (Wildman–Crippen MR) is 73.7 cm³/mol. The topological polar surface area (TPSA) is 63.3 Å². The van der Waals surface area contributed by atoms with Crippen molar-refractivity contribution in [1.82, 2.24) is 4.98 Å². The molecule has 1 aromatic heterocycles. The van der Waals surface area contributed by atoms with Crippen molar-refractivity contribution in [2.45, 2.75) is 13.3 Å². The van der Waals surface area contributed by atoms with Gasteiger partial charge in [0.25, 0.3) is 0 Å². The number of hydrogen-bond donors (Lipinski definition) is 1. The van der Waals surface area contributed by atoms with Gasteiger partial charge in [0.1, 0.15) is 0 Å². The van der Waals surface area contributed by atoms with E-state index in [1.54, 1.807) is 0 Å².